The van der Waals surface area contributed by atoms with Crippen molar-refractivity contribution in [2.75, 3.05) is 0 Å². The highest BCUT2D eigenvalue weighted by atomic mass is 13.9. The molecule has 1 aromatic rings. The highest BCUT2D eigenvalue weighted by molar-refractivity contribution is 5.27. The van der Waals surface area contributed by atoms with E-state index in [1.165, 1.54) is 10.8 Å². The Hall–Kier alpha value is -1.04. The third-order valence-corrected chi connectivity index (χ3v) is 1.61. The van der Waals surface area contributed by atoms with E-state index in [0.29, 0.717) is 0 Å². The third kappa shape index (κ3) is 1.27. The molecule has 0 aliphatic carbocycles. The van der Waals surface area contributed by atoms with Gasteiger partial charge in [0.2, 0.25) is 0 Å². The molecule has 0 saturated carbocycles. The van der Waals surface area contributed by atoms with Crippen LogP contribution in [-0.2, 0) is 0 Å². The van der Waals surface area contributed by atoms with Crippen LogP contribution in [0.1, 0.15) is 12.5 Å². The Morgan fingerprint density at radius 1 is 1.40 bits per heavy atom. The second-order valence-electron chi connectivity index (χ2n) is 2.49. The molecular formula is C10H12. The van der Waals surface area contributed by atoms with E-state index in [-0.39, 0.29) is 0 Å². The number of hydrogen-bond acceptors (Lipinski definition) is 0. The van der Waals surface area contributed by atoms with E-state index in [1.807, 2.05) is 13.0 Å². The third-order valence-electron chi connectivity index (χ3n) is 1.61. The Bertz CT molecular complexity index is 320. The fraction of sp³-hybridized carbons (Fsp3) is 0.200. The van der Waals surface area contributed by atoms with E-state index in [2.05, 4.69) is 31.7 Å². The Kier molecular flexibility index (Phi) is 1.91. The molecule has 0 N–H and O–H groups in total. The van der Waals surface area contributed by atoms with E-state index in [9.17, 15) is 0 Å². The van der Waals surface area contributed by atoms with Gasteiger partial charge in [0.15, 0.2) is 0 Å². The first-order chi connectivity index (χ1) is 4.74. The van der Waals surface area contributed by atoms with Crippen molar-refractivity contribution in [2.24, 2.45) is 0 Å². The molecule has 0 radical (unpaired) electrons. The maximum Gasteiger partial charge on any atom is -0.0230 e. The standard InChI is InChI=1S/C10H12/c1-4-10-7-8(2)5-6-9(10)3/h4-7H,3H2,1-2H3/b10-4-. The van der Waals surface area contributed by atoms with Crippen LogP contribution in [0.5, 0.6) is 0 Å². The minimum atomic E-state index is 1.10. The number of benzene rings is 1. The zero-order valence-corrected chi connectivity index (χ0v) is 6.52. The molecule has 0 unspecified atom stereocenters. The van der Waals surface area contributed by atoms with Gasteiger partial charge in [0.25, 0.3) is 0 Å². The molecule has 0 heterocycles. The molecule has 0 nitrogen and oxygen atoms in total. The quantitative estimate of drug-likeness (QED) is 0.497. The fourth-order valence-electron chi connectivity index (χ4n) is 0.983. The van der Waals surface area contributed by atoms with Crippen molar-refractivity contribution in [1.82, 2.24) is 0 Å². The molecule has 10 heavy (non-hydrogen) atoms. The van der Waals surface area contributed by atoms with Crippen LogP contribution in [0.15, 0.2) is 18.2 Å². The predicted octanol–water partition coefficient (Wildman–Crippen LogP) is 1.21. The van der Waals surface area contributed by atoms with Gasteiger partial charge < -0.3 is 0 Å². The van der Waals surface area contributed by atoms with Crippen molar-refractivity contribution in [3.8, 4) is 0 Å². The lowest BCUT2D eigenvalue weighted by atomic mass is 10.2. The van der Waals surface area contributed by atoms with Crippen molar-refractivity contribution in [3.05, 3.63) is 34.2 Å². The second-order valence-corrected chi connectivity index (χ2v) is 2.49. The maximum absolute atomic E-state index is 3.90. The monoisotopic (exact) mass is 132 g/mol. The summed E-state index contributed by atoms with van der Waals surface area (Å²) in [5, 5.41) is 2.34. The summed E-state index contributed by atoms with van der Waals surface area (Å²) in [6, 6.07) is 6.27. The molecule has 0 aliphatic heterocycles. The number of aryl methyl sites for hydroxylation is 1. The van der Waals surface area contributed by atoms with Crippen molar-refractivity contribution in [1.29, 1.82) is 0 Å². The van der Waals surface area contributed by atoms with Crippen molar-refractivity contribution >= 4 is 12.7 Å². The highest BCUT2D eigenvalue weighted by Gasteiger charge is 1.81. The van der Waals surface area contributed by atoms with Crippen LogP contribution in [0.2, 0.25) is 0 Å². The normalized spacial score (nSPS) is 12.0. The van der Waals surface area contributed by atoms with Crippen LogP contribution in [0.4, 0.5) is 0 Å². The zero-order chi connectivity index (χ0) is 7.56. The number of hydrogen-bond donors (Lipinski definition) is 0. The van der Waals surface area contributed by atoms with Gasteiger partial charge in [0.1, 0.15) is 0 Å². The van der Waals surface area contributed by atoms with Gasteiger partial charge in [-0.25, -0.2) is 0 Å². The van der Waals surface area contributed by atoms with E-state index >= 15 is 0 Å². The topological polar surface area (TPSA) is 0 Å². The Balaban J connectivity index is 3.53. The molecule has 1 aromatic carbocycles. The summed E-state index contributed by atoms with van der Waals surface area (Å²) in [5.41, 5.74) is 1.29. The molecule has 0 fully saturated rings. The van der Waals surface area contributed by atoms with Gasteiger partial charge in [-0.3, -0.25) is 0 Å². The summed E-state index contributed by atoms with van der Waals surface area (Å²) in [5.74, 6) is 0. The van der Waals surface area contributed by atoms with E-state index in [0.717, 1.165) is 5.22 Å². The molecule has 0 amide bonds. The Morgan fingerprint density at radius 3 is 2.60 bits per heavy atom. The second kappa shape index (κ2) is 2.70. The summed E-state index contributed by atoms with van der Waals surface area (Å²) in [4.78, 5) is 0. The lowest BCUT2D eigenvalue weighted by Gasteiger charge is -1.90. The highest BCUT2D eigenvalue weighted by Crippen LogP contribution is 1.85. The van der Waals surface area contributed by atoms with Crippen LogP contribution in [0.25, 0.3) is 12.7 Å². The summed E-state index contributed by atoms with van der Waals surface area (Å²) in [7, 11) is 0. The molecule has 52 valence electrons. The van der Waals surface area contributed by atoms with Crippen molar-refractivity contribution < 1.29 is 0 Å². The largest absolute Gasteiger partial charge is 0.0912 e. The SMILES string of the molecule is C=c1ccc(C)c/c1=C/C. The van der Waals surface area contributed by atoms with Gasteiger partial charge >= 0.3 is 0 Å². The first-order valence-corrected chi connectivity index (χ1v) is 3.46. The first kappa shape index (κ1) is 7.07. The van der Waals surface area contributed by atoms with Gasteiger partial charge in [0.05, 0.1) is 0 Å². The van der Waals surface area contributed by atoms with Crippen molar-refractivity contribution in [3.63, 3.8) is 0 Å². The van der Waals surface area contributed by atoms with Gasteiger partial charge in [-0.15, -0.1) is 0 Å². The van der Waals surface area contributed by atoms with Crippen molar-refractivity contribution in [2.45, 2.75) is 13.8 Å². The summed E-state index contributed by atoms with van der Waals surface area (Å²) in [6.07, 6.45) is 2.08. The van der Waals surface area contributed by atoms with Crippen LogP contribution >= 0.6 is 0 Å². The summed E-state index contributed by atoms with van der Waals surface area (Å²) < 4.78 is 0. The lowest BCUT2D eigenvalue weighted by molar-refractivity contribution is 1.40. The van der Waals surface area contributed by atoms with E-state index in [4.69, 9.17) is 0 Å². The van der Waals surface area contributed by atoms with Gasteiger partial charge in [-0.2, -0.15) is 0 Å². The molecule has 0 spiro atoms. The summed E-state index contributed by atoms with van der Waals surface area (Å²) >= 11 is 0. The molecule has 0 aromatic heterocycles. The minimum Gasteiger partial charge on any atom is -0.0912 e. The van der Waals surface area contributed by atoms with Crippen LogP contribution in [0, 0.1) is 6.92 Å². The maximum atomic E-state index is 3.90. The number of rotatable bonds is 0. The van der Waals surface area contributed by atoms with Crippen LogP contribution in [-0.4, -0.2) is 0 Å². The van der Waals surface area contributed by atoms with Gasteiger partial charge in [-0.1, -0.05) is 36.4 Å². The van der Waals surface area contributed by atoms with E-state index in [1.54, 1.807) is 0 Å². The smallest absolute Gasteiger partial charge is 0.0230 e. The van der Waals surface area contributed by atoms with Crippen LogP contribution < -0.4 is 10.4 Å². The van der Waals surface area contributed by atoms with Gasteiger partial charge in [0, 0.05) is 0 Å². The average molecular weight is 132 g/mol. The predicted molar refractivity (Wildman–Crippen MR) is 46.1 cm³/mol. The molecule has 0 atom stereocenters. The Labute approximate surface area is 61.5 Å². The molecule has 0 saturated heterocycles. The Morgan fingerprint density at radius 2 is 2.10 bits per heavy atom. The van der Waals surface area contributed by atoms with Gasteiger partial charge in [-0.05, 0) is 24.3 Å². The summed E-state index contributed by atoms with van der Waals surface area (Å²) in [6.45, 7) is 8.02. The zero-order valence-electron chi connectivity index (χ0n) is 6.52. The first-order valence-electron chi connectivity index (χ1n) is 3.46. The minimum absolute atomic E-state index is 1.10. The fourth-order valence-corrected chi connectivity index (χ4v) is 0.983. The molecule has 1 rings (SSSR count). The molecular weight excluding hydrogens is 120 g/mol. The lowest BCUT2D eigenvalue weighted by Crippen LogP contribution is -2.21. The van der Waals surface area contributed by atoms with Crippen LogP contribution in [0.3, 0.4) is 0 Å². The molecule has 0 bridgehead atoms. The average Bonchev–Trinajstić information content (AvgIpc) is 1.94. The molecule has 0 aliphatic rings. The molecule has 0 heteroatoms. The van der Waals surface area contributed by atoms with E-state index < -0.39 is 0 Å².